The van der Waals surface area contributed by atoms with Crippen LogP contribution in [-0.4, -0.2) is 42.9 Å². The number of amides is 3. The van der Waals surface area contributed by atoms with Crippen molar-refractivity contribution in [2.45, 2.75) is 6.54 Å². The molecule has 0 unspecified atom stereocenters. The second-order valence-corrected chi connectivity index (χ2v) is 7.34. The summed E-state index contributed by atoms with van der Waals surface area (Å²) in [7, 11) is 1.45. The van der Waals surface area contributed by atoms with Crippen LogP contribution in [0.5, 0.6) is 11.5 Å². The molecule has 0 aliphatic carbocycles. The molecule has 1 heterocycles. The lowest BCUT2D eigenvalue weighted by atomic mass is 10.1. The van der Waals surface area contributed by atoms with Gasteiger partial charge in [0.25, 0.3) is 17.7 Å². The SMILES string of the molecule is COc1ccc(CN2C(=O)c3ccccc3C2=O)cc1C(=O)NCCOc1cccc(F)c1. The van der Waals surface area contributed by atoms with Gasteiger partial charge in [-0.25, -0.2) is 4.39 Å². The Morgan fingerprint density at radius 3 is 2.36 bits per heavy atom. The van der Waals surface area contributed by atoms with Gasteiger partial charge in [-0.3, -0.25) is 19.3 Å². The Kier molecular flexibility index (Phi) is 6.35. The molecule has 0 saturated carbocycles. The Hall–Kier alpha value is -4.20. The van der Waals surface area contributed by atoms with Gasteiger partial charge >= 0.3 is 0 Å². The van der Waals surface area contributed by atoms with Crippen LogP contribution in [0.2, 0.25) is 0 Å². The average molecular weight is 448 g/mol. The lowest BCUT2D eigenvalue weighted by Crippen LogP contribution is -2.30. The fourth-order valence-corrected chi connectivity index (χ4v) is 3.58. The third-order valence-corrected chi connectivity index (χ3v) is 5.18. The number of halogens is 1. The van der Waals surface area contributed by atoms with Crippen molar-refractivity contribution in [3.63, 3.8) is 0 Å². The third kappa shape index (κ3) is 4.69. The number of rotatable bonds is 8. The third-order valence-electron chi connectivity index (χ3n) is 5.18. The predicted octanol–water partition coefficient (Wildman–Crippen LogP) is 3.44. The lowest BCUT2D eigenvalue weighted by molar-refractivity contribution is 0.0642. The van der Waals surface area contributed by atoms with E-state index in [2.05, 4.69) is 5.32 Å². The maximum atomic E-state index is 13.2. The van der Waals surface area contributed by atoms with Crippen molar-refractivity contribution in [1.29, 1.82) is 0 Å². The molecule has 0 saturated heterocycles. The Morgan fingerprint density at radius 2 is 1.70 bits per heavy atom. The first kappa shape index (κ1) is 22.0. The topological polar surface area (TPSA) is 84.9 Å². The van der Waals surface area contributed by atoms with Gasteiger partial charge in [-0.2, -0.15) is 0 Å². The molecule has 3 amide bonds. The van der Waals surface area contributed by atoms with Gasteiger partial charge < -0.3 is 14.8 Å². The zero-order valence-corrected chi connectivity index (χ0v) is 17.8. The van der Waals surface area contributed by atoms with Crippen LogP contribution in [0.25, 0.3) is 0 Å². The number of hydrogen-bond donors (Lipinski definition) is 1. The Balaban J connectivity index is 1.42. The number of nitrogens with zero attached hydrogens (tertiary/aromatic N) is 1. The standard InChI is InChI=1S/C25H21FN2O5/c1-32-22-10-9-16(15-28-24(30)19-7-2-3-8-20(19)25(28)31)13-21(22)23(29)27-11-12-33-18-6-4-5-17(26)14-18/h2-10,13-14H,11-12,15H2,1H3,(H,27,29). The summed E-state index contributed by atoms with van der Waals surface area (Å²) in [5, 5.41) is 2.73. The molecule has 0 atom stereocenters. The van der Waals surface area contributed by atoms with Crippen LogP contribution in [0, 0.1) is 5.82 Å². The highest BCUT2D eigenvalue weighted by Crippen LogP contribution is 2.26. The lowest BCUT2D eigenvalue weighted by Gasteiger charge is -2.16. The highest BCUT2D eigenvalue weighted by atomic mass is 19.1. The van der Waals surface area contributed by atoms with E-state index in [-0.39, 0.29) is 37.1 Å². The molecule has 8 heteroatoms. The molecule has 3 aromatic rings. The molecule has 168 valence electrons. The van der Waals surface area contributed by atoms with Crippen molar-refractivity contribution < 1.29 is 28.2 Å². The van der Waals surface area contributed by atoms with E-state index < -0.39 is 11.7 Å². The Morgan fingerprint density at radius 1 is 0.970 bits per heavy atom. The smallest absolute Gasteiger partial charge is 0.261 e. The van der Waals surface area contributed by atoms with Gasteiger partial charge in [0.05, 0.1) is 36.9 Å². The summed E-state index contributed by atoms with van der Waals surface area (Å²) >= 11 is 0. The zero-order valence-electron chi connectivity index (χ0n) is 17.8. The van der Waals surface area contributed by atoms with Crippen molar-refractivity contribution in [3.05, 3.63) is 94.8 Å². The normalized spacial score (nSPS) is 12.5. The minimum atomic E-state index is -0.406. The molecule has 33 heavy (non-hydrogen) atoms. The number of nitrogens with one attached hydrogen (secondary N) is 1. The van der Waals surface area contributed by atoms with Gasteiger partial charge in [-0.05, 0) is 42.0 Å². The maximum absolute atomic E-state index is 13.2. The van der Waals surface area contributed by atoms with Crippen molar-refractivity contribution in [3.8, 4) is 11.5 Å². The molecule has 3 aromatic carbocycles. The van der Waals surface area contributed by atoms with Crippen LogP contribution in [0.4, 0.5) is 4.39 Å². The maximum Gasteiger partial charge on any atom is 0.261 e. The van der Waals surface area contributed by atoms with E-state index in [9.17, 15) is 18.8 Å². The van der Waals surface area contributed by atoms with Gasteiger partial charge in [-0.15, -0.1) is 0 Å². The van der Waals surface area contributed by atoms with E-state index >= 15 is 0 Å². The summed E-state index contributed by atoms with van der Waals surface area (Å²) in [6, 6.07) is 17.3. The monoisotopic (exact) mass is 448 g/mol. The summed E-state index contributed by atoms with van der Waals surface area (Å²) in [6.45, 7) is 0.354. The first-order chi connectivity index (χ1) is 16.0. The fourth-order valence-electron chi connectivity index (χ4n) is 3.58. The second-order valence-electron chi connectivity index (χ2n) is 7.34. The van der Waals surface area contributed by atoms with Gasteiger partial charge in [-0.1, -0.05) is 24.3 Å². The Bertz CT molecular complexity index is 1190. The van der Waals surface area contributed by atoms with E-state index in [0.29, 0.717) is 28.2 Å². The van der Waals surface area contributed by atoms with E-state index in [1.807, 2.05) is 0 Å². The molecule has 4 rings (SSSR count). The minimum Gasteiger partial charge on any atom is -0.496 e. The van der Waals surface area contributed by atoms with Gasteiger partial charge in [0.15, 0.2) is 0 Å². The fraction of sp³-hybridized carbons (Fsp3) is 0.160. The molecule has 1 aliphatic rings. The highest BCUT2D eigenvalue weighted by Gasteiger charge is 2.35. The van der Waals surface area contributed by atoms with Crippen molar-refractivity contribution >= 4 is 17.7 Å². The van der Waals surface area contributed by atoms with E-state index in [4.69, 9.17) is 9.47 Å². The number of ether oxygens (including phenoxy) is 2. The van der Waals surface area contributed by atoms with Crippen molar-refractivity contribution in [2.75, 3.05) is 20.3 Å². The van der Waals surface area contributed by atoms with Crippen molar-refractivity contribution in [1.82, 2.24) is 10.2 Å². The number of hydrogen-bond acceptors (Lipinski definition) is 5. The molecule has 7 nitrogen and oxygen atoms in total. The molecule has 0 aromatic heterocycles. The molecule has 0 fully saturated rings. The van der Waals surface area contributed by atoms with E-state index in [1.54, 1.807) is 48.5 Å². The second kappa shape index (κ2) is 9.52. The van der Waals surface area contributed by atoms with E-state index in [1.165, 1.54) is 25.3 Å². The molecule has 0 radical (unpaired) electrons. The van der Waals surface area contributed by atoms with Crippen LogP contribution in [0.15, 0.2) is 66.7 Å². The molecule has 0 bridgehead atoms. The van der Waals surface area contributed by atoms with Crippen molar-refractivity contribution in [2.24, 2.45) is 0 Å². The first-order valence-electron chi connectivity index (χ1n) is 10.3. The largest absolute Gasteiger partial charge is 0.496 e. The highest BCUT2D eigenvalue weighted by molar-refractivity contribution is 6.21. The van der Waals surface area contributed by atoms with Gasteiger partial charge in [0.2, 0.25) is 0 Å². The van der Waals surface area contributed by atoms with Gasteiger partial charge in [0.1, 0.15) is 23.9 Å². The summed E-state index contributed by atoms with van der Waals surface area (Å²) < 4.78 is 23.9. The zero-order chi connectivity index (χ0) is 23.4. The number of benzene rings is 3. The van der Waals surface area contributed by atoms with E-state index in [0.717, 1.165) is 4.90 Å². The van der Waals surface area contributed by atoms with Crippen LogP contribution in [0.3, 0.4) is 0 Å². The molecular weight excluding hydrogens is 427 g/mol. The minimum absolute atomic E-state index is 0.0271. The molecule has 1 N–H and O–H groups in total. The quantitative estimate of drug-likeness (QED) is 0.422. The summed E-state index contributed by atoms with van der Waals surface area (Å²) in [5.74, 6) is -0.830. The number of fused-ring (bicyclic) bond motifs is 1. The summed E-state index contributed by atoms with van der Waals surface area (Å²) in [5.41, 5.74) is 1.60. The average Bonchev–Trinajstić information content (AvgIpc) is 3.07. The summed E-state index contributed by atoms with van der Waals surface area (Å²) in [4.78, 5) is 39.1. The molecule has 0 spiro atoms. The summed E-state index contributed by atoms with van der Waals surface area (Å²) in [6.07, 6.45) is 0. The number of carbonyl (C=O) groups excluding carboxylic acids is 3. The van der Waals surface area contributed by atoms with Crippen LogP contribution < -0.4 is 14.8 Å². The number of methoxy groups -OCH3 is 1. The molecular formula is C25H21FN2O5. The van der Waals surface area contributed by atoms with Crippen LogP contribution in [-0.2, 0) is 6.54 Å². The number of carbonyl (C=O) groups is 3. The number of imide groups is 1. The van der Waals surface area contributed by atoms with Crippen LogP contribution >= 0.6 is 0 Å². The Labute approximate surface area is 189 Å². The first-order valence-corrected chi connectivity index (χ1v) is 10.3. The predicted molar refractivity (Wildman–Crippen MR) is 118 cm³/mol. The van der Waals surface area contributed by atoms with Gasteiger partial charge in [0, 0.05) is 6.07 Å². The molecule has 1 aliphatic heterocycles. The van der Waals surface area contributed by atoms with Crippen LogP contribution in [0.1, 0.15) is 36.6 Å².